The molecule has 0 bridgehead atoms. The molecule has 0 spiro atoms. The Morgan fingerprint density at radius 3 is 2.88 bits per heavy atom. The molecule has 0 atom stereocenters. The summed E-state index contributed by atoms with van der Waals surface area (Å²) in [7, 11) is 0. The van der Waals surface area contributed by atoms with E-state index < -0.39 is 0 Å². The van der Waals surface area contributed by atoms with E-state index in [1.54, 1.807) is 0 Å². The van der Waals surface area contributed by atoms with Gasteiger partial charge in [-0.05, 0) is 32.9 Å². The summed E-state index contributed by atoms with van der Waals surface area (Å²) < 4.78 is 10.6. The summed E-state index contributed by atoms with van der Waals surface area (Å²) in [6, 6.07) is 0. The molecule has 2 heterocycles. The molecule has 5 heteroatoms. The first-order chi connectivity index (χ1) is 7.74. The monoisotopic (exact) mass is 225 g/mol. The Kier molecular flexibility index (Phi) is 3.56. The number of rotatable bonds is 4. The average Bonchev–Trinajstić information content (AvgIpc) is 2.77. The standard InChI is InChI=1S/C11H19N3O2/c1-3-15-8-9-13-10(16-14-9)11(2)4-6-12-7-5-11/h12H,3-8H2,1-2H3. The summed E-state index contributed by atoms with van der Waals surface area (Å²) in [5.74, 6) is 1.40. The van der Waals surface area contributed by atoms with Crippen molar-refractivity contribution in [2.24, 2.45) is 0 Å². The lowest BCUT2D eigenvalue weighted by molar-refractivity contribution is 0.126. The molecule has 5 nitrogen and oxygen atoms in total. The van der Waals surface area contributed by atoms with Gasteiger partial charge < -0.3 is 14.6 Å². The number of hydrogen-bond acceptors (Lipinski definition) is 5. The van der Waals surface area contributed by atoms with Gasteiger partial charge in [0.15, 0.2) is 5.82 Å². The van der Waals surface area contributed by atoms with E-state index in [4.69, 9.17) is 9.26 Å². The zero-order valence-electron chi connectivity index (χ0n) is 9.95. The van der Waals surface area contributed by atoms with Gasteiger partial charge in [-0.1, -0.05) is 12.1 Å². The molecular formula is C11H19N3O2. The zero-order valence-corrected chi connectivity index (χ0v) is 9.95. The van der Waals surface area contributed by atoms with Gasteiger partial charge in [0.05, 0.1) is 0 Å². The fourth-order valence-corrected chi connectivity index (χ4v) is 1.94. The Balaban J connectivity index is 2.05. The van der Waals surface area contributed by atoms with E-state index >= 15 is 0 Å². The van der Waals surface area contributed by atoms with E-state index in [1.807, 2.05) is 6.92 Å². The van der Waals surface area contributed by atoms with Gasteiger partial charge in [0.25, 0.3) is 0 Å². The van der Waals surface area contributed by atoms with Crippen LogP contribution in [0.25, 0.3) is 0 Å². The van der Waals surface area contributed by atoms with Gasteiger partial charge in [0, 0.05) is 12.0 Å². The van der Waals surface area contributed by atoms with Crippen molar-refractivity contribution in [2.45, 2.75) is 38.7 Å². The minimum atomic E-state index is 0.0305. The topological polar surface area (TPSA) is 60.2 Å². The van der Waals surface area contributed by atoms with E-state index in [0.717, 1.165) is 31.8 Å². The lowest BCUT2D eigenvalue weighted by Gasteiger charge is -2.30. The van der Waals surface area contributed by atoms with Crippen molar-refractivity contribution in [3.05, 3.63) is 11.7 Å². The third kappa shape index (κ3) is 2.41. The second-order valence-electron chi connectivity index (χ2n) is 4.46. The highest BCUT2D eigenvalue weighted by atomic mass is 16.5. The second-order valence-corrected chi connectivity index (χ2v) is 4.46. The van der Waals surface area contributed by atoms with Gasteiger partial charge in [-0.2, -0.15) is 4.98 Å². The first-order valence-electron chi connectivity index (χ1n) is 5.86. The first-order valence-corrected chi connectivity index (χ1v) is 5.86. The Bertz CT molecular complexity index is 332. The molecule has 0 aliphatic carbocycles. The van der Waals surface area contributed by atoms with Gasteiger partial charge in [-0.15, -0.1) is 0 Å². The van der Waals surface area contributed by atoms with Crippen LogP contribution >= 0.6 is 0 Å². The summed E-state index contributed by atoms with van der Waals surface area (Å²) in [5, 5.41) is 7.28. The molecule has 1 saturated heterocycles. The Morgan fingerprint density at radius 2 is 2.19 bits per heavy atom. The average molecular weight is 225 g/mol. The normalized spacial score (nSPS) is 19.9. The largest absolute Gasteiger partial charge is 0.374 e. The highest BCUT2D eigenvalue weighted by molar-refractivity contribution is 5.05. The summed E-state index contributed by atoms with van der Waals surface area (Å²) in [4.78, 5) is 4.41. The quantitative estimate of drug-likeness (QED) is 0.835. The van der Waals surface area contributed by atoms with Gasteiger partial charge in [-0.25, -0.2) is 0 Å². The summed E-state index contributed by atoms with van der Waals surface area (Å²) in [6.07, 6.45) is 2.09. The number of piperidine rings is 1. The van der Waals surface area contributed by atoms with Crippen molar-refractivity contribution in [3.63, 3.8) is 0 Å². The molecular weight excluding hydrogens is 206 g/mol. The van der Waals surface area contributed by atoms with E-state index in [1.165, 1.54) is 0 Å². The van der Waals surface area contributed by atoms with E-state index in [-0.39, 0.29) is 5.41 Å². The summed E-state index contributed by atoms with van der Waals surface area (Å²) in [6.45, 7) is 7.28. The van der Waals surface area contributed by atoms with Crippen LogP contribution in [-0.4, -0.2) is 29.8 Å². The molecule has 0 unspecified atom stereocenters. The lowest BCUT2D eigenvalue weighted by Crippen LogP contribution is -2.37. The number of nitrogens with one attached hydrogen (secondary N) is 1. The van der Waals surface area contributed by atoms with Crippen LogP contribution in [0.4, 0.5) is 0 Å². The van der Waals surface area contributed by atoms with Crippen LogP contribution in [0.2, 0.25) is 0 Å². The molecule has 1 aliphatic heterocycles. The summed E-state index contributed by atoms with van der Waals surface area (Å²) >= 11 is 0. The van der Waals surface area contributed by atoms with E-state index in [2.05, 4.69) is 22.4 Å². The van der Waals surface area contributed by atoms with Crippen molar-refractivity contribution in [1.29, 1.82) is 0 Å². The molecule has 1 aliphatic rings. The van der Waals surface area contributed by atoms with E-state index in [9.17, 15) is 0 Å². The smallest absolute Gasteiger partial charge is 0.232 e. The van der Waals surface area contributed by atoms with Gasteiger partial charge in [0.1, 0.15) is 6.61 Å². The second kappa shape index (κ2) is 4.93. The maximum Gasteiger partial charge on any atom is 0.232 e. The molecule has 0 radical (unpaired) electrons. The molecule has 2 rings (SSSR count). The Morgan fingerprint density at radius 1 is 1.44 bits per heavy atom. The molecule has 90 valence electrons. The Labute approximate surface area is 95.6 Å². The Hall–Kier alpha value is -0.940. The van der Waals surface area contributed by atoms with Crippen LogP contribution < -0.4 is 5.32 Å². The minimum Gasteiger partial charge on any atom is -0.374 e. The SMILES string of the molecule is CCOCc1noc(C2(C)CCNCC2)n1. The summed E-state index contributed by atoms with van der Waals surface area (Å²) in [5.41, 5.74) is 0.0305. The maximum atomic E-state index is 5.34. The zero-order chi connectivity index (χ0) is 11.4. The van der Waals surface area contributed by atoms with Gasteiger partial charge >= 0.3 is 0 Å². The fraction of sp³-hybridized carbons (Fsp3) is 0.818. The number of hydrogen-bond donors (Lipinski definition) is 1. The third-order valence-corrected chi connectivity index (χ3v) is 3.13. The van der Waals surface area contributed by atoms with Crippen LogP contribution in [-0.2, 0) is 16.8 Å². The van der Waals surface area contributed by atoms with Gasteiger partial charge in [0.2, 0.25) is 5.89 Å². The maximum absolute atomic E-state index is 5.34. The highest BCUT2D eigenvalue weighted by Gasteiger charge is 2.34. The van der Waals surface area contributed by atoms with Crippen molar-refractivity contribution >= 4 is 0 Å². The van der Waals surface area contributed by atoms with Crippen LogP contribution in [0.5, 0.6) is 0 Å². The molecule has 16 heavy (non-hydrogen) atoms. The molecule has 1 fully saturated rings. The highest BCUT2D eigenvalue weighted by Crippen LogP contribution is 2.31. The van der Waals surface area contributed by atoms with E-state index in [0.29, 0.717) is 19.0 Å². The van der Waals surface area contributed by atoms with Gasteiger partial charge in [-0.3, -0.25) is 0 Å². The van der Waals surface area contributed by atoms with Crippen LogP contribution in [0, 0.1) is 0 Å². The number of nitrogens with zero attached hydrogens (tertiary/aromatic N) is 2. The minimum absolute atomic E-state index is 0.0305. The molecule has 0 saturated carbocycles. The van der Waals surface area contributed by atoms with Crippen molar-refractivity contribution in [3.8, 4) is 0 Å². The predicted octanol–water partition coefficient (Wildman–Crippen LogP) is 1.25. The predicted molar refractivity (Wildman–Crippen MR) is 59.1 cm³/mol. The fourth-order valence-electron chi connectivity index (χ4n) is 1.94. The van der Waals surface area contributed by atoms with Crippen molar-refractivity contribution in [1.82, 2.24) is 15.5 Å². The molecule has 1 aromatic heterocycles. The molecule has 0 aromatic carbocycles. The first kappa shape index (κ1) is 11.5. The van der Waals surface area contributed by atoms with Crippen molar-refractivity contribution < 1.29 is 9.26 Å². The van der Waals surface area contributed by atoms with Crippen LogP contribution in [0.15, 0.2) is 4.52 Å². The molecule has 0 amide bonds. The van der Waals surface area contributed by atoms with Crippen LogP contribution in [0.3, 0.4) is 0 Å². The van der Waals surface area contributed by atoms with Crippen LogP contribution in [0.1, 0.15) is 38.4 Å². The molecule has 1 N–H and O–H groups in total. The lowest BCUT2D eigenvalue weighted by atomic mass is 9.81. The number of aromatic nitrogens is 2. The third-order valence-electron chi connectivity index (χ3n) is 3.13. The van der Waals surface area contributed by atoms with Crippen molar-refractivity contribution in [2.75, 3.05) is 19.7 Å². The molecule has 1 aromatic rings. The number of ether oxygens (including phenoxy) is 1.